The van der Waals surface area contributed by atoms with E-state index in [0.29, 0.717) is 5.75 Å². The molecule has 2 aromatic rings. The second-order valence-electron chi connectivity index (χ2n) is 5.64. The lowest BCUT2D eigenvalue weighted by Crippen LogP contribution is -2.49. The van der Waals surface area contributed by atoms with Gasteiger partial charge in [-0.25, -0.2) is 4.98 Å². The summed E-state index contributed by atoms with van der Waals surface area (Å²) in [5, 5.41) is 3.06. The van der Waals surface area contributed by atoms with Gasteiger partial charge in [-0.05, 0) is 37.1 Å². The molecule has 1 unspecified atom stereocenters. The molecule has 0 aliphatic carbocycles. The molecule has 0 radical (unpaired) electrons. The van der Waals surface area contributed by atoms with E-state index in [9.17, 15) is 4.79 Å². The van der Waals surface area contributed by atoms with Gasteiger partial charge in [0.2, 0.25) is 0 Å². The number of carbonyl (C=O) groups is 1. The number of amides is 1. The Morgan fingerprint density at radius 1 is 1.22 bits per heavy atom. The third-order valence-corrected chi connectivity index (χ3v) is 3.87. The minimum absolute atomic E-state index is 0.0457. The molecule has 5 heteroatoms. The first-order valence-corrected chi connectivity index (χ1v) is 7.94. The molecule has 0 bridgehead atoms. The number of para-hydroxylation sites is 1. The van der Waals surface area contributed by atoms with E-state index < -0.39 is 0 Å². The molecular weight excluding hydrogens is 290 g/mol. The topological polar surface area (TPSA) is 54.5 Å². The molecule has 1 saturated heterocycles. The first kappa shape index (κ1) is 15.3. The zero-order valence-corrected chi connectivity index (χ0v) is 13.0. The van der Waals surface area contributed by atoms with Gasteiger partial charge in [0, 0.05) is 25.3 Å². The number of hydrogen-bond donors (Lipinski definition) is 1. The van der Waals surface area contributed by atoms with E-state index in [1.165, 1.54) is 0 Å². The molecule has 0 spiro atoms. The zero-order valence-electron chi connectivity index (χ0n) is 13.0. The highest BCUT2D eigenvalue weighted by Gasteiger charge is 2.22. The minimum atomic E-state index is -0.0817. The van der Waals surface area contributed by atoms with Crippen molar-refractivity contribution in [2.75, 3.05) is 24.6 Å². The van der Waals surface area contributed by atoms with Crippen molar-refractivity contribution in [3.63, 3.8) is 0 Å². The molecule has 1 N–H and O–H groups in total. The Morgan fingerprint density at radius 2 is 2.04 bits per heavy atom. The van der Waals surface area contributed by atoms with E-state index in [1.54, 1.807) is 6.20 Å². The first-order valence-electron chi connectivity index (χ1n) is 7.94. The molecule has 5 nitrogen and oxygen atoms in total. The Balaban J connectivity index is 1.48. The van der Waals surface area contributed by atoms with Gasteiger partial charge in [0.25, 0.3) is 5.91 Å². The first-order chi connectivity index (χ1) is 11.3. The van der Waals surface area contributed by atoms with E-state index in [0.717, 1.165) is 31.7 Å². The zero-order chi connectivity index (χ0) is 15.9. The molecule has 1 fully saturated rings. The summed E-state index contributed by atoms with van der Waals surface area (Å²) in [6.07, 6.45) is 3.83. The number of benzene rings is 1. The van der Waals surface area contributed by atoms with Gasteiger partial charge in [-0.1, -0.05) is 24.3 Å². The summed E-state index contributed by atoms with van der Waals surface area (Å²) >= 11 is 0. The van der Waals surface area contributed by atoms with Crippen LogP contribution in [-0.4, -0.2) is 36.6 Å². The summed E-state index contributed by atoms with van der Waals surface area (Å²) in [6.45, 7) is 1.81. The number of nitrogens with zero attached hydrogens (tertiary/aromatic N) is 2. The molecule has 1 aliphatic rings. The number of hydrogen-bond acceptors (Lipinski definition) is 4. The monoisotopic (exact) mass is 311 g/mol. The summed E-state index contributed by atoms with van der Waals surface area (Å²) in [4.78, 5) is 18.7. The summed E-state index contributed by atoms with van der Waals surface area (Å²) < 4.78 is 5.48. The van der Waals surface area contributed by atoms with Crippen molar-refractivity contribution >= 4 is 11.7 Å². The average molecular weight is 311 g/mol. The number of pyridine rings is 1. The summed E-state index contributed by atoms with van der Waals surface area (Å²) in [5.41, 5.74) is 0. The van der Waals surface area contributed by atoms with Crippen LogP contribution in [0.4, 0.5) is 5.82 Å². The fourth-order valence-electron chi connectivity index (χ4n) is 2.78. The summed E-state index contributed by atoms with van der Waals surface area (Å²) in [5.74, 6) is 1.59. The van der Waals surface area contributed by atoms with Crippen LogP contribution in [0.2, 0.25) is 0 Å². The number of anilines is 1. The van der Waals surface area contributed by atoms with Crippen molar-refractivity contribution in [2.24, 2.45) is 0 Å². The maximum atomic E-state index is 12.1. The number of rotatable bonds is 5. The van der Waals surface area contributed by atoms with Gasteiger partial charge < -0.3 is 15.0 Å². The van der Waals surface area contributed by atoms with E-state index in [2.05, 4.69) is 15.2 Å². The lowest BCUT2D eigenvalue weighted by molar-refractivity contribution is -0.123. The predicted octanol–water partition coefficient (Wildman–Crippen LogP) is 2.25. The largest absolute Gasteiger partial charge is 0.484 e. The Morgan fingerprint density at radius 3 is 2.83 bits per heavy atom. The van der Waals surface area contributed by atoms with Gasteiger partial charge in [-0.3, -0.25) is 4.79 Å². The van der Waals surface area contributed by atoms with E-state index >= 15 is 0 Å². The van der Waals surface area contributed by atoms with Crippen molar-refractivity contribution in [1.29, 1.82) is 0 Å². The van der Waals surface area contributed by atoms with Crippen LogP contribution in [0.5, 0.6) is 5.75 Å². The Bertz CT molecular complexity index is 619. The molecule has 120 valence electrons. The fraction of sp³-hybridized carbons (Fsp3) is 0.333. The second-order valence-corrected chi connectivity index (χ2v) is 5.64. The van der Waals surface area contributed by atoms with Crippen LogP contribution >= 0.6 is 0 Å². The van der Waals surface area contributed by atoms with Crippen molar-refractivity contribution in [3.8, 4) is 5.75 Å². The molecule has 1 amide bonds. The molecule has 3 rings (SSSR count). The molecule has 1 aliphatic heterocycles. The fourth-order valence-corrected chi connectivity index (χ4v) is 2.78. The van der Waals surface area contributed by atoms with Gasteiger partial charge in [-0.2, -0.15) is 0 Å². The highest BCUT2D eigenvalue weighted by atomic mass is 16.5. The molecule has 1 aromatic carbocycles. The van der Waals surface area contributed by atoms with Gasteiger partial charge >= 0.3 is 0 Å². The van der Waals surface area contributed by atoms with Crippen LogP contribution in [0.1, 0.15) is 12.8 Å². The molecule has 1 atom stereocenters. The number of ether oxygens (including phenoxy) is 1. The van der Waals surface area contributed by atoms with Gasteiger partial charge in [0.1, 0.15) is 11.6 Å². The van der Waals surface area contributed by atoms with Crippen molar-refractivity contribution in [1.82, 2.24) is 10.3 Å². The van der Waals surface area contributed by atoms with Gasteiger partial charge in [0.05, 0.1) is 0 Å². The Labute approximate surface area is 136 Å². The van der Waals surface area contributed by atoms with E-state index in [4.69, 9.17) is 4.74 Å². The summed E-state index contributed by atoms with van der Waals surface area (Å²) in [6, 6.07) is 15.4. The van der Waals surface area contributed by atoms with Gasteiger partial charge in [-0.15, -0.1) is 0 Å². The van der Waals surface area contributed by atoms with E-state index in [1.807, 2.05) is 48.5 Å². The van der Waals surface area contributed by atoms with Crippen molar-refractivity contribution < 1.29 is 9.53 Å². The normalized spacial score (nSPS) is 17.6. The third kappa shape index (κ3) is 4.45. The number of carbonyl (C=O) groups excluding carboxylic acids is 1. The highest BCUT2D eigenvalue weighted by molar-refractivity contribution is 5.78. The van der Waals surface area contributed by atoms with E-state index in [-0.39, 0.29) is 18.6 Å². The van der Waals surface area contributed by atoms with Crippen LogP contribution in [0.25, 0.3) is 0 Å². The lowest BCUT2D eigenvalue weighted by atomic mass is 10.1. The molecule has 0 saturated carbocycles. The SMILES string of the molecule is O=C(COc1ccccc1)NC1CCCN(c2ccccn2)C1. The Kier molecular flexibility index (Phi) is 5.09. The molecular formula is C18H21N3O2. The van der Waals surface area contributed by atoms with Crippen LogP contribution in [0, 0.1) is 0 Å². The third-order valence-electron chi connectivity index (χ3n) is 3.87. The van der Waals surface area contributed by atoms with Crippen molar-refractivity contribution in [3.05, 3.63) is 54.7 Å². The average Bonchev–Trinajstić information content (AvgIpc) is 2.62. The van der Waals surface area contributed by atoms with Crippen LogP contribution in [-0.2, 0) is 4.79 Å². The molecule has 2 heterocycles. The highest BCUT2D eigenvalue weighted by Crippen LogP contribution is 2.17. The Hall–Kier alpha value is -2.56. The van der Waals surface area contributed by atoms with Crippen LogP contribution in [0.3, 0.4) is 0 Å². The van der Waals surface area contributed by atoms with Gasteiger partial charge in [0.15, 0.2) is 6.61 Å². The van der Waals surface area contributed by atoms with Crippen LogP contribution < -0.4 is 15.0 Å². The quantitative estimate of drug-likeness (QED) is 0.920. The standard InChI is InChI=1S/C18H21N3O2/c22-18(14-23-16-8-2-1-3-9-16)20-15-7-6-12-21(13-15)17-10-4-5-11-19-17/h1-5,8-11,15H,6-7,12-14H2,(H,20,22). The number of piperidine rings is 1. The number of aromatic nitrogens is 1. The molecule has 1 aromatic heterocycles. The van der Waals surface area contributed by atoms with Crippen molar-refractivity contribution in [2.45, 2.75) is 18.9 Å². The smallest absolute Gasteiger partial charge is 0.258 e. The maximum absolute atomic E-state index is 12.1. The molecule has 23 heavy (non-hydrogen) atoms. The lowest BCUT2D eigenvalue weighted by Gasteiger charge is -2.33. The van der Waals surface area contributed by atoms with Crippen LogP contribution in [0.15, 0.2) is 54.7 Å². The minimum Gasteiger partial charge on any atom is -0.484 e. The second kappa shape index (κ2) is 7.63. The summed E-state index contributed by atoms with van der Waals surface area (Å²) in [7, 11) is 0. The number of nitrogens with one attached hydrogen (secondary N) is 1. The predicted molar refractivity (Wildman–Crippen MR) is 89.6 cm³/mol. The maximum Gasteiger partial charge on any atom is 0.258 e.